The number of benzene rings is 1. The van der Waals surface area contributed by atoms with Crippen LogP contribution in [-0.4, -0.2) is 38.9 Å². The summed E-state index contributed by atoms with van der Waals surface area (Å²) in [6, 6.07) is 6.44. The first-order valence-electron chi connectivity index (χ1n) is 10.4. The summed E-state index contributed by atoms with van der Waals surface area (Å²) >= 11 is 0. The van der Waals surface area contributed by atoms with E-state index in [4.69, 9.17) is 0 Å². The van der Waals surface area contributed by atoms with Crippen LogP contribution in [-0.2, 0) is 16.1 Å². The highest BCUT2D eigenvalue weighted by Crippen LogP contribution is 2.36. The summed E-state index contributed by atoms with van der Waals surface area (Å²) < 4.78 is 2.20. The number of aromatic nitrogens is 1. The van der Waals surface area contributed by atoms with E-state index in [1.807, 2.05) is 30.5 Å². The van der Waals surface area contributed by atoms with Crippen molar-refractivity contribution < 1.29 is 14.4 Å². The van der Waals surface area contributed by atoms with Crippen LogP contribution in [0.1, 0.15) is 46.5 Å². The van der Waals surface area contributed by atoms with Crippen molar-refractivity contribution in [3.8, 4) is 0 Å². The zero-order valence-corrected chi connectivity index (χ0v) is 17.2. The molecule has 1 unspecified atom stereocenters. The van der Waals surface area contributed by atoms with Gasteiger partial charge in [-0.2, -0.15) is 0 Å². The molecule has 0 bridgehead atoms. The van der Waals surface area contributed by atoms with Crippen LogP contribution < -0.4 is 10.6 Å². The molecule has 1 saturated carbocycles. The van der Waals surface area contributed by atoms with Gasteiger partial charge in [0.05, 0.1) is 0 Å². The number of urea groups is 1. The second kappa shape index (κ2) is 7.21. The van der Waals surface area contributed by atoms with Gasteiger partial charge in [0.25, 0.3) is 5.91 Å². The van der Waals surface area contributed by atoms with Gasteiger partial charge in [-0.3, -0.25) is 9.59 Å². The molecule has 154 valence electrons. The minimum absolute atomic E-state index is 0.274. The Bertz CT molecular complexity index is 972. The van der Waals surface area contributed by atoms with Crippen LogP contribution in [0.25, 0.3) is 10.9 Å². The van der Waals surface area contributed by atoms with E-state index in [9.17, 15) is 14.4 Å². The fourth-order valence-electron chi connectivity index (χ4n) is 4.50. The molecular weight excluding hydrogens is 368 g/mol. The quantitative estimate of drug-likeness (QED) is 0.759. The number of hydrogen-bond acceptors (Lipinski definition) is 3. The summed E-state index contributed by atoms with van der Waals surface area (Å²) in [5, 5.41) is 6.72. The maximum absolute atomic E-state index is 12.9. The van der Waals surface area contributed by atoms with Crippen LogP contribution in [0.2, 0.25) is 0 Å². The third-order valence-electron chi connectivity index (χ3n) is 6.02. The first-order chi connectivity index (χ1) is 13.8. The average Bonchev–Trinajstić information content (AvgIpc) is 3.34. The lowest BCUT2D eigenvalue weighted by Gasteiger charge is -2.23. The fourth-order valence-corrected chi connectivity index (χ4v) is 4.50. The van der Waals surface area contributed by atoms with Gasteiger partial charge in [-0.05, 0) is 49.9 Å². The van der Waals surface area contributed by atoms with Crippen molar-refractivity contribution in [1.82, 2.24) is 14.8 Å². The molecule has 1 atom stereocenters. The van der Waals surface area contributed by atoms with Gasteiger partial charge in [0, 0.05) is 29.3 Å². The maximum Gasteiger partial charge on any atom is 0.325 e. The van der Waals surface area contributed by atoms with Gasteiger partial charge in [-0.15, -0.1) is 0 Å². The second-order valence-electron chi connectivity index (χ2n) is 8.70. The highest BCUT2D eigenvalue weighted by atomic mass is 16.2. The summed E-state index contributed by atoms with van der Waals surface area (Å²) in [4.78, 5) is 39.2. The minimum atomic E-state index is -0.872. The van der Waals surface area contributed by atoms with Crippen molar-refractivity contribution in [1.29, 1.82) is 0 Å². The number of fused-ring (bicyclic) bond motifs is 1. The topological polar surface area (TPSA) is 83.4 Å². The second-order valence-corrected chi connectivity index (χ2v) is 8.70. The van der Waals surface area contributed by atoms with Crippen LogP contribution in [0.15, 0.2) is 30.5 Å². The van der Waals surface area contributed by atoms with Gasteiger partial charge in [-0.1, -0.05) is 26.7 Å². The first kappa shape index (κ1) is 19.5. The number of imide groups is 1. The molecule has 1 aliphatic heterocycles. The molecule has 1 saturated heterocycles. The van der Waals surface area contributed by atoms with Crippen molar-refractivity contribution in [2.24, 2.45) is 5.92 Å². The zero-order valence-electron chi connectivity index (χ0n) is 17.2. The van der Waals surface area contributed by atoms with Crippen LogP contribution in [0.4, 0.5) is 10.5 Å². The lowest BCUT2D eigenvalue weighted by molar-refractivity contribution is -0.136. The standard InChI is InChI=1S/C22H28N4O3/c1-14(2)13-25-11-8-16-12-17(6-7-18(16)25)23-19(27)15(3)26-20(28)22(24-21(26)29)9-4-5-10-22/h6-8,11-12,14-15H,4-5,9-10,13H2,1-3H3,(H,23,27)(H,24,29). The van der Waals surface area contributed by atoms with E-state index in [0.29, 0.717) is 24.4 Å². The molecule has 1 spiro atoms. The summed E-state index contributed by atoms with van der Waals surface area (Å²) in [5.41, 5.74) is 0.963. The minimum Gasteiger partial charge on any atom is -0.347 e. The molecule has 2 aliphatic rings. The smallest absolute Gasteiger partial charge is 0.325 e. The Morgan fingerprint density at radius 3 is 2.59 bits per heavy atom. The monoisotopic (exact) mass is 396 g/mol. The molecule has 7 heteroatoms. The Labute approximate surface area is 170 Å². The molecule has 4 rings (SSSR count). The SMILES string of the molecule is CC(C)Cn1ccc2cc(NC(=O)C(C)N3C(=O)NC4(CCCC4)C3=O)ccc21. The van der Waals surface area contributed by atoms with E-state index in [-0.39, 0.29) is 11.8 Å². The Hall–Kier alpha value is -2.83. The van der Waals surface area contributed by atoms with E-state index in [1.165, 1.54) is 0 Å². The van der Waals surface area contributed by atoms with Crippen molar-refractivity contribution in [2.75, 3.05) is 5.32 Å². The molecule has 2 N–H and O–H groups in total. The van der Waals surface area contributed by atoms with E-state index in [2.05, 4.69) is 29.0 Å². The van der Waals surface area contributed by atoms with E-state index >= 15 is 0 Å². The molecule has 2 heterocycles. The normalized spacial score (nSPS) is 19.4. The zero-order chi connectivity index (χ0) is 20.8. The lowest BCUT2D eigenvalue weighted by Crippen LogP contribution is -2.48. The molecule has 1 aromatic heterocycles. The molecule has 2 fully saturated rings. The Morgan fingerprint density at radius 2 is 1.90 bits per heavy atom. The highest BCUT2D eigenvalue weighted by Gasteiger charge is 2.54. The highest BCUT2D eigenvalue weighted by molar-refractivity contribution is 6.11. The number of rotatable bonds is 5. The van der Waals surface area contributed by atoms with Gasteiger partial charge < -0.3 is 15.2 Å². The van der Waals surface area contributed by atoms with Gasteiger partial charge >= 0.3 is 6.03 Å². The Balaban J connectivity index is 1.49. The van der Waals surface area contributed by atoms with Gasteiger partial charge in [0.15, 0.2) is 0 Å². The molecule has 1 aliphatic carbocycles. The van der Waals surface area contributed by atoms with Gasteiger partial charge in [-0.25, -0.2) is 9.69 Å². The number of amides is 4. The number of carbonyl (C=O) groups excluding carboxylic acids is 3. The number of nitrogens with zero attached hydrogens (tertiary/aromatic N) is 2. The molecule has 7 nitrogen and oxygen atoms in total. The molecule has 1 aromatic carbocycles. The maximum atomic E-state index is 12.9. The summed E-state index contributed by atoms with van der Waals surface area (Å²) in [5.74, 6) is -0.105. The van der Waals surface area contributed by atoms with Crippen LogP contribution in [0.3, 0.4) is 0 Å². The molecule has 2 aromatic rings. The Morgan fingerprint density at radius 1 is 1.17 bits per heavy atom. The average molecular weight is 396 g/mol. The predicted molar refractivity (Wildman–Crippen MR) is 111 cm³/mol. The van der Waals surface area contributed by atoms with Crippen molar-refractivity contribution >= 4 is 34.4 Å². The van der Waals surface area contributed by atoms with Gasteiger partial charge in [0.2, 0.25) is 5.91 Å². The van der Waals surface area contributed by atoms with Gasteiger partial charge in [0.1, 0.15) is 11.6 Å². The number of anilines is 1. The number of carbonyl (C=O) groups is 3. The van der Waals surface area contributed by atoms with E-state index in [0.717, 1.165) is 35.2 Å². The Kier molecular flexibility index (Phi) is 4.84. The van der Waals surface area contributed by atoms with E-state index in [1.54, 1.807) is 6.92 Å². The van der Waals surface area contributed by atoms with Crippen LogP contribution >= 0.6 is 0 Å². The predicted octanol–water partition coefficient (Wildman–Crippen LogP) is 3.49. The molecular formula is C22H28N4O3. The lowest BCUT2D eigenvalue weighted by atomic mass is 9.97. The summed E-state index contributed by atoms with van der Waals surface area (Å²) in [7, 11) is 0. The molecule has 29 heavy (non-hydrogen) atoms. The third-order valence-corrected chi connectivity index (χ3v) is 6.02. The first-order valence-corrected chi connectivity index (χ1v) is 10.4. The molecule has 4 amide bonds. The van der Waals surface area contributed by atoms with Crippen molar-refractivity contribution in [3.63, 3.8) is 0 Å². The van der Waals surface area contributed by atoms with E-state index < -0.39 is 17.6 Å². The van der Waals surface area contributed by atoms with Crippen LogP contribution in [0, 0.1) is 5.92 Å². The number of hydrogen-bond donors (Lipinski definition) is 2. The fraction of sp³-hybridized carbons (Fsp3) is 0.500. The summed E-state index contributed by atoms with van der Waals surface area (Å²) in [6.07, 6.45) is 5.17. The number of nitrogens with one attached hydrogen (secondary N) is 2. The summed E-state index contributed by atoms with van der Waals surface area (Å²) in [6.45, 7) is 6.87. The van der Waals surface area contributed by atoms with Crippen LogP contribution in [0.5, 0.6) is 0 Å². The third kappa shape index (κ3) is 3.39. The van der Waals surface area contributed by atoms with Crippen molar-refractivity contribution in [2.45, 2.75) is 64.6 Å². The largest absolute Gasteiger partial charge is 0.347 e. The molecule has 0 radical (unpaired) electrons. The van der Waals surface area contributed by atoms with Crippen molar-refractivity contribution in [3.05, 3.63) is 30.5 Å².